The summed E-state index contributed by atoms with van der Waals surface area (Å²) in [6.45, 7) is 1.94. The lowest BCUT2D eigenvalue weighted by Gasteiger charge is -2.14. The minimum atomic E-state index is -2.71. The summed E-state index contributed by atoms with van der Waals surface area (Å²) in [5.41, 5.74) is 2.75. The monoisotopic (exact) mass is 384 g/mol. The Morgan fingerprint density at radius 1 is 1.32 bits per heavy atom. The highest BCUT2D eigenvalue weighted by atomic mass is 19.3. The molecule has 1 aliphatic rings. The summed E-state index contributed by atoms with van der Waals surface area (Å²) in [7, 11) is 0. The van der Waals surface area contributed by atoms with Gasteiger partial charge in [-0.2, -0.15) is 4.98 Å². The van der Waals surface area contributed by atoms with Crippen LogP contribution in [0.3, 0.4) is 0 Å². The number of alkyl halides is 2. The van der Waals surface area contributed by atoms with Gasteiger partial charge in [-0.1, -0.05) is 24.2 Å². The molecular weight excluding hydrogens is 366 g/mol. The number of aryl methyl sites for hydroxylation is 2. The minimum Gasteiger partial charge on any atom is -0.345 e. The first-order chi connectivity index (χ1) is 13.5. The molecule has 144 valence electrons. The lowest BCUT2D eigenvalue weighted by atomic mass is 10.0. The molecule has 0 saturated heterocycles. The first kappa shape index (κ1) is 18.2. The quantitative estimate of drug-likeness (QED) is 0.718. The van der Waals surface area contributed by atoms with Crippen LogP contribution < -0.4 is 5.32 Å². The van der Waals surface area contributed by atoms with Gasteiger partial charge in [0.25, 0.3) is 12.3 Å². The molecule has 3 aromatic rings. The van der Waals surface area contributed by atoms with Crippen LogP contribution in [0, 0.1) is 0 Å². The average molecular weight is 384 g/mol. The number of hydrogen-bond acceptors (Lipinski definition) is 5. The molecule has 8 heteroatoms. The molecule has 1 aromatic carbocycles. The Labute approximate surface area is 160 Å². The van der Waals surface area contributed by atoms with Crippen molar-refractivity contribution in [3.8, 4) is 11.4 Å². The lowest BCUT2D eigenvalue weighted by Crippen LogP contribution is -2.27. The molecular formula is C20H18F2N4O2. The van der Waals surface area contributed by atoms with Crippen LogP contribution in [-0.2, 0) is 12.8 Å². The predicted molar refractivity (Wildman–Crippen MR) is 96.8 cm³/mol. The summed E-state index contributed by atoms with van der Waals surface area (Å²) < 4.78 is 30.8. The number of hydrogen-bond donors (Lipinski definition) is 1. The number of nitrogens with zero attached hydrogens (tertiary/aromatic N) is 3. The standard InChI is InChI=1S/C20H18F2N4O2/c1-2-17-25-19(26-28-17)12-3-5-14-11(9-12)4-6-15(14)24-20(27)13-7-8-23-16(10-13)18(21)22/h3,5,7-10,15,18H,2,4,6H2,1H3,(H,24,27). The Bertz CT molecular complexity index is 1020. The molecule has 0 radical (unpaired) electrons. The molecule has 1 unspecified atom stereocenters. The van der Waals surface area contributed by atoms with Gasteiger partial charge < -0.3 is 9.84 Å². The number of nitrogens with one attached hydrogen (secondary N) is 1. The van der Waals surface area contributed by atoms with Crippen LogP contribution >= 0.6 is 0 Å². The second-order valence-electron chi connectivity index (χ2n) is 6.61. The van der Waals surface area contributed by atoms with Crippen molar-refractivity contribution in [3.05, 3.63) is 64.8 Å². The van der Waals surface area contributed by atoms with E-state index in [0.29, 0.717) is 18.1 Å². The van der Waals surface area contributed by atoms with Crippen LogP contribution in [0.4, 0.5) is 8.78 Å². The zero-order chi connectivity index (χ0) is 19.7. The number of carbonyl (C=O) groups is 1. The van der Waals surface area contributed by atoms with E-state index in [4.69, 9.17) is 4.52 Å². The van der Waals surface area contributed by atoms with Crippen molar-refractivity contribution in [2.24, 2.45) is 0 Å². The van der Waals surface area contributed by atoms with Crippen molar-refractivity contribution in [3.63, 3.8) is 0 Å². The SMILES string of the molecule is CCc1nc(-c2ccc3c(c2)CCC3NC(=O)c2ccnc(C(F)F)c2)no1. The third-order valence-electron chi connectivity index (χ3n) is 4.82. The Morgan fingerprint density at radius 3 is 2.93 bits per heavy atom. The Morgan fingerprint density at radius 2 is 2.18 bits per heavy atom. The first-order valence-corrected chi connectivity index (χ1v) is 9.06. The van der Waals surface area contributed by atoms with E-state index in [0.717, 1.165) is 35.6 Å². The number of carbonyl (C=O) groups excluding carboxylic acids is 1. The van der Waals surface area contributed by atoms with Crippen molar-refractivity contribution < 1.29 is 18.1 Å². The molecule has 28 heavy (non-hydrogen) atoms. The number of pyridine rings is 1. The molecule has 1 N–H and O–H groups in total. The Kier molecular flexibility index (Phi) is 4.85. The third kappa shape index (κ3) is 3.49. The van der Waals surface area contributed by atoms with E-state index in [9.17, 15) is 13.6 Å². The Hall–Kier alpha value is -3.16. The van der Waals surface area contributed by atoms with Gasteiger partial charge in [-0.15, -0.1) is 0 Å². The fraction of sp³-hybridized carbons (Fsp3) is 0.300. The van der Waals surface area contributed by atoms with E-state index in [1.54, 1.807) is 0 Å². The van der Waals surface area contributed by atoms with E-state index >= 15 is 0 Å². The van der Waals surface area contributed by atoms with E-state index in [1.807, 2.05) is 25.1 Å². The average Bonchev–Trinajstić information content (AvgIpc) is 3.35. The summed E-state index contributed by atoms with van der Waals surface area (Å²) in [6, 6.07) is 8.24. The largest absolute Gasteiger partial charge is 0.345 e. The third-order valence-corrected chi connectivity index (χ3v) is 4.82. The Balaban J connectivity index is 1.52. The van der Waals surface area contributed by atoms with Gasteiger partial charge in [0, 0.05) is 23.7 Å². The maximum Gasteiger partial charge on any atom is 0.280 e. The summed E-state index contributed by atoms with van der Waals surface area (Å²) >= 11 is 0. The molecule has 0 spiro atoms. The smallest absolute Gasteiger partial charge is 0.280 e. The number of halogens is 2. The normalized spacial score (nSPS) is 15.6. The van der Waals surface area contributed by atoms with Crippen LogP contribution in [0.15, 0.2) is 41.1 Å². The number of fused-ring (bicyclic) bond motifs is 1. The van der Waals surface area contributed by atoms with Gasteiger partial charge in [0.1, 0.15) is 5.69 Å². The van der Waals surface area contributed by atoms with Crippen LogP contribution in [0.2, 0.25) is 0 Å². The summed E-state index contributed by atoms with van der Waals surface area (Å²) in [5.74, 6) is 0.738. The van der Waals surface area contributed by atoms with Gasteiger partial charge in [-0.25, -0.2) is 8.78 Å². The molecule has 0 saturated carbocycles. The molecule has 1 amide bonds. The van der Waals surface area contributed by atoms with Crippen molar-refractivity contribution >= 4 is 5.91 Å². The van der Waals surface area contributed by atoms with Crippen LogP contribution in [-0.4, -0.2) is 21.0 Å². The number of benzene rings is 1. The molecule has 0 aliphatic heterocycles. The number of amides is 1. The number of aromatic nitrogens is 3. The van der Waals surface area contributed by atoms with E-state index < -0.39 is 18.0 Å². The minimum absolute atomic E-state index is 0.170. The lowest BCUT2D eigenvalue weighted by molar-refractivity contribution is 0.0936. The van der Waals surface area contributed by atoms with E-state index in [2.05, 4.69) is 20.4 Å². The van der Waals surface area contributed by atoms with Crippen molar-refractivity contribution in [2.75, 3.05) is 0 Å². The second-order valence-corrected chi connectivity index (χ2v) is 6.61. The van der Waals surface area contributed by atoms with Gasteiger partial charge in [0.05, 0.1) is 6.04 Å². The van der Waals surface area contributed by atoms with Gasteiger partial charge >= 0.3 is 0 Å². The van der Waals surface area contributed by atoms with Gasteiger partial charge in [-0.3, -0.25) is 9.78 Å². The summed E-state index contributed by atoms with van der Waals surface area (Å²) in [6.07, 6.45) is 0.723. The van der Waals surface area contributed by atoms with Gasteiger partial charge in [0.2, 0.25) is 11.7 Å². The molecule has 1 aliphatic carbocycles. The zero-order valence-corrected chi connectivity index (χ0v) is 15.2. The van der Waals surface area contributed by atoms with Crippen molar-refractivity contribution in [1.82, 2.24) is 20.4 Å². The predicted octanol–water partition coefficient (Wildman–Crippen LogP) is 4.05. The summed E-state index contributed by atoms with van der Waals surface area (Å²) in [5, 5.41) is 6.92. The molecule has 0 bridgehead atoms. The fourth-order valence-electron chi connectivity index (χ4n) is 3.37. The van der Waals surface area contributed by atoms with Gasteiger partial charge in [0.15, 0.2) is 0 Å². The van der Waals surface area contributed by atoms with Crippen LogP contribution in [0.1, 0.15) is 58.9 Å². The van der Waals surface area contributed by atoms with Crippen LogP contribution in [0.5, 0.6) is 0 Å². The first-order valence-electron chi connectivity index (χ1n) is 9.06. The molecule has 2 aromatic heterocycles. The highest BCUT2D eigenvalue weighted by molar-refractivity contribution is 5.94. The summed E-state index contributed by atoms with van der Waals surface area (Å²) in [4.78, 5) is 20.4. The highest BCUT2D eigenvalue weighted by Crippen LogP contribution is 2.34. The van der Waals surface area contributed by atoms with E-state index in [1.165, 1.54) is 12.3 Å². The molecule has 0 fully saturated rings. The van der Waals surface area contributed by atoms with Gasteiger partial charge in [-0.05, 0) is 42.2 Å². The molecule has 6 nitrogen and oxygen atoms in total. The molecule has 4 rings (SSSR count). The maximum atomic E-state index is 12.8. The number of rotatable bonds is 5. The maximum absolute atomic E-state index is 12.8. The second kappa shape index (κ2) is 7.46. The fourth-order valence-corrected chi connectivity index (χ4v) is 3.37. The van der Waals surface area contributed by atoms with Crippen molar-refractivity contribution in [1.29, 1.82) is 0 Å². The molecule has 2 heterocycles. The zero-order valence-electron chi connectivity index (χ0n) is 15.2. The van der Waals surface area contributed by atoms with Crippen molar-refractivity contribution in [2.45, 2.75) is 38.7 Å². The highest BCUT2D eigenvalue weighted by Gasteiger charge is 2.25. The van der Waals surface area contributed by atoms with E-state index in [-0.39, 0.29) is 11.6 Å². The topological polar surface area (TPSA) is 80.9 Å². The van der Waals surface area contributed by atoms with Crippen LogP contribution in [0.25, 0.3) is 11.4 Å². The molecule has 1 atom stereocenters.